The summed E-state index contributed by atoms with van der Waals surface area (Å²) in [6, 6.07) is 3.49. The van der Waals surface area contributed by atoms with Crippen LogP contribution in [0.1, 0.15) is 24.4 Å². The highest BCUT2D eigenvalue weighted by Gasteiger charge is 2.45. The van der Waals surface area contributed by atoms with Crippen molar-refractivity contribution in [3.8, 4) is 0 Å². The van der Waals surface area contributed by atoms with E-state index in [9.17, 15) is 0 Å². The zero-order chi connectivity index (χ0) is 7.97. The molecule has 0 bridgehead atoms. The van der Waals surface area contributed by atoms with Crippen molar-refractivity contribution < 1.29 is 0 Å². The number of nitrogens with zero attached hydrogens (tertiary/aromatic N) is 3. The second-order valence-electron chi connectivity index (χ2n) is 3.54. The molecule has 3 unspecified atom stereocenters. The van der Waals surface area contributed by atoms with Crippen LogP contribution in [0, 0.1) is 6.20 Å². The molecule has 2 aliphatic heterocycles. The molecule has 1 aromatic rings. The maximum atomic E-state index is 3.78. The van der Waals surface area contributed by atoms with Crippen molar-refractivity contribution >= 4 is 0 Å². The van der Waals surface area contributed by atoms with Crippen molar-refractivity contribution in [1.82, 2.24) is 15.1 Å². The van der Waals surface area contributed by atoms with Gasteiger partial charge in [0.15, 0.2) is 0 Å². The van der Waals surface area contributed by atoms with Crippen molar-refractivity contribution in [2.24, 2.45) is 0 Å². The van der Waals surface area contributed by atoms with Gasteiger partial charge in [0, 0.05) is 30.4 Å². The SMILES string of the molecule is [c]1nnccc1C1CCC2CN21. The summed E-state index contributed by atoms with van der Waals surface area (Å²) in [7, 11) is 0. The summed E-state index contributed by atoms with van der Waals surface area (Å²) in [5, 5.41) is 7.51. The maximum Gasteiger partial charge on any atom is 0.118 e. The summed E-state index contributed by atoms with van der Waals surface area (Å²) in [5.41, 5.74) is 1.21. The van der Waals surface area contributed by atoms with Gasteiger partial charge in [-0.1, -0.05) is 0 Å². The molecule has 1 aromatic heterocycles. The van der Waals surface area contributed by atoms with E-state index in [1.165, 1.54) is 24.9 Å². The van der Waals surface area contributed by atoms with E-state index in [2.05, 4.69) is 21.3 Å². The molecule has 3 atom stereocenters. The largest absolute Gasteiger partial charge is 0.290 e. The van der Waals surface area contributed by atoms with Crippen LogP contribution in [-0.2, 0) is 0 Å². The maximum absolute atomic E-state index is 3.78. The van der Waals surface area contributed by atoms with E-state index in [0.717, 1.165) is 6.04 Å². The smallest absolute Gasteiger partial charge is 0.118 e. The van der Waals surface area contributed by atoms with E-state index in [-0.39, 0.29) is 0 Å². The lowest BCUT2D eigenvalue weighted by atomic mass is 10.1. The number of hydrogen-bond acceptors (Lipinski definition) is 3. The quantitative estimate of drug-likeness (QED) is 0.569. The number of piperidine rings is 1. The molecule has 0 N–H and O–H groups in total. The summed E-state index contributed by atoms with van der Waals surface area (Å²) in [6.07, 6.45) is 7.34. The predicted octanol–water partition coefficient (Wildman–Crippen LogP) is 0.796. The van der Waals surface area contributed by atoms with Gasteiger partial charge < -0.3 is 0 Å². The first kappa shape index (κ1) is 6.54. The highest BCUT2D eigenvalue weighted by atomic mass is 15.3. The molecule has 3 rings (SSSR count). The third kappa shape index (κ3) is 0.862. The molecule has 61 valence electrons. The predicted molar refractivity (Wildman–Crippen MR) is 43.3 cm³/mol. The van der Waals surface area contributed by atoms with E-state index >= 15 is 0 Å². The Morgan fingerprint density at radius 1 is 1.50 bits per heavy atom. The second kappa shape index (κ2) is 2.26. The van der Waals surface area contributed by atoms with E-state index in [1.807, 2.05) is 6.07 Å². The summed E-state index contributed by atoms with van der Waals surface area (Å²) in [6.45, 7) is 1.28. The average molecular weight is 160 g/mol. The molecule has 3 heterocycles. The summed E-state index contributed by atoms with van der Waals surface area (Å²) >= 11 is 0. The average Bonchev–Trinajstić information content (AvgIpc) is 2.80. The van der Waals surface area contributed by atoms with Crippen LogP contribution in [0.15, 0.2) is 12.3 Å². The van der Waals surface area contributed by atoms with Crippen LogP contribution >= 0.6 is 0 Å². The molecule has 0 saturated carbocycles. The Morgan fingerprint density at radius 3 is 3.08 bits per heavy atom. The fourth-order valence-electron chi connectivity index (χ4n) is 2.14. The van der Waals surface area contributed by atoms with Crippen LogP contribution in [0.3, 0.4) is 0 Å². The van der Waals surface area contributed by atoms with E-state index in [0.29, 0.717) is 6.04 Å². The van der Waals surface area contributed by atoms with E-state index in [1.54, 1.807) is 6.20 Å². The first-order valence-electron chi connectivity index (χ1n) is 4.40. The van der Waals surface area contributed by atoms with Crippen molar-refractivity contribution in [2.75, 3.05) is 6.54 Å². The molecule has 2 fully saturated rings. The molecule has 3 heteroatoms. The van der Waals surface area contributed by atoms with Gasteiger partial charge in [0.25, 0.3) is 0 Å². The minimum Gasteiger partial charge on any atom is -0.290 e. The third-order valence-electron chi connectivity index (χ3n) is 2.85. The zero-order valence-electron chi connectivity index (χ0n) is 6.77. The van der Waals surface area contributed by atoms with Crippen LogP contribution in [0.2, 0.25) is 0 Å². The van der Waals surface area contributed by atoms with Crippen molar-refractivity contribution in [3.63, 3.8) is 0 Å². The monoisotopic (exact) mass is 160 g/mol. The zero-order valence-corrected chi connectivity index (χ0v) is 6.77. The highest BCUT2D eigenvalue weighted by Crippen LogP contribution is 2.44. The van der Waals surface area contributed by atoms with Crippen molar-refractivity contribution in [3.05, 3.63) is 24.0 Å². The van der Waals surface area contributed by atoms with Crippen LogP contribution in [0.25, 0.3) is 0 Å². The Labute approximate surface area is 71.4 Å². The van der Waals surface area contributed by atoms with Gasteiger partial charge in [-0.2, -0.15) is 5.10 Å². The Morgan fingerprint density at radius 2 is 2.50 bits per heavy atom. The van der Waals surface area contributed by atoms with Crippen LogP contribution in [-0.4, -0.2) is 27.7 Å². The first-order valence-corrected chi connectivity index (χ1v) is 4.40. The highest BCUT2D eigenvalue weighted by molar-refractivity contribution is 5.17. The lowest BCUT2D eigenvalue weighted by molar-refractivity contribution is 0.437. The Balaban J connectivity index is 1.89. The lowest BCUT2D eigenvalue weighted by Crippen LogP contribution is -2.05. The van der Waals surface area contributed by atoms with Gasteiger partial charge in [0.1, 0.15) is 6.20 Å². The van der Waals surface area contributed by atoms with Gasteiger partial charge in [0.2, 0.25) is 0 Å². The van der Waals surface area contributed by atoms with Crippen molar-refractivity contribution in [2.45, 2.75) is 24.9 Å². The van der Waals surface area contributed by atoms with E-state index in [4.69, 9.17) is 0 Å². The molecule has 0 aromatic carbocycles. The van der Waals surface area contributed by atoms with Gasteiger partial charge >= 0.3 is 0 Å². The first-order chi connectivity index (χ1) is 5.95. The Bertz CT molecular complexity index is 285. The molecule has 0 aliphatic carbocycles. The molecule has 3 nitrogen and oxygen atoms in total. The summed E-state index contributed by atoms with van der Waals surface area (Å²) < 4.78 is 0. The minimum atomic E-state index is 0.588. The standard InChI is InChI=1S/C9H10N3/c1-2-9(12-6-8(1)12)7-3-4-10-11-5-7/h3-4,8-9H,1-2,6H2. The molecule has 2 saturated heterocycles. The molecular formula is C9H10N3. The fraction of sp³-hybridized carbons (Fsp3) is 0.556. The number of hydrogen-bond donors (Lipinski definition) is 0. The number of rotatable bonds is 1. The van der Waals surface area contributed by atoms with Gasteiger partial charge in [-0.15, -0.1) is 5.10 Å². The Hall–Kier alpha value is -0.960. The summed E-state index contributed by atoms with van der Waals surface area (Å²) in [4.78, 5) is 2.51. The molecule has 2 aliphatic rings. The van der Waals surface area contributed by atoms with Crippen molar-refractivity contribution in [1.29, 1.82) is 0 Å². The molecule has 0 spiro atoms. The lowest BCUT2D eigenvalue weighted by Gasteiger charge is -2.11. The fourth-order valence-corrected chi connectivity index (χ4v) is 2.14. The normalized spacial score (nSPS) is 37.8. The molecule has 12 heavy (non-hydrogen) atoms. The van der Waals surface area contributed by atoms with Gasteiger partial charge in [-0.05, 0) is 18.9 Å². The topological polar surface area (TPSA) is 28.8 Å². The van der Waals surface area contributed by atoms with Crippen LogP contribution < -0.4 is 0 Å². The number of aromatic nitrogens is 2. The molecule has 1 radical (unpaired) electrons. The second-order valence-corrected chi connectivity index (χ2v) is 3.54. The minimum absolute atomic E-state index is 0.588. The van der Waals surface area contributed by atoms with Crippen LogP contribution in [0.5, 0.6) is 0 Å². The number of fused-ring (bicyclic) bond motifs is 1. The van der Waals surface area contributed by atoms with E-state index < -0.39 is 0 Å². The van der Waals surface area contributed by atoms with Crippen LogP contribution in [0.4, 0.5) is 0 Å². The third-order valence-corrected chi connectivity index (χ3v) is 2.85. The van der Waals surface area contributed by atoms with Gasteiger partial charge in [-0.25, -0.2) is 0 Å². The summed E-state index contributed by atoms with van der Waals surface area (Å²) in [5.74, 6) is 0. The van der Waals surface area contributed by atoms with Gasteiger partial charge in [0.05, 0.1) is 0 Å². The molecule has 0 amide bonds. The Kier molecular flexibility index (Phi) is 1.23. The van der Waals surface area contributed by atoms with Gasteiger partial charge in [-0.3, -0.25) is 4.90 Å². The molecular weight excluding hydrogens is 150 g/mol.